The first kappa shape index (κ1) is 8.83. The van der Waals surface area contributed by atoms with Crippen molar-refractivity contribution in [3.63, 3.8) is 0 Å². The molecule has 6 heteroatoms. The Labute approximate surface area is 90.3 Å². The Morgan fingerprint density at radius 1 is 1.46 bits per heavy atom. The molecule has 0 N–H and O–H groups in total. The zero-order chi connectivity index (χ0) is 9.42. The summed E-state index contributed by atoms with van der Waals surface area (Å²) < 4.78 is 2.91. The van der Waals surface area contributed by atoms with Crippen molar-refractivity contribution in [2.75, 3.05) is 0 Å². The highest BCUT2D eigenvalue weighted by atomic mass is 79.9. The largest absolute Gasteiger partial charge is 0.296 e. The van der Waals surface area contributed by atoms with Crippen LogP contribution in [0.4, 0.5) is 0 Å². The number of carbonyl (C=O) groups excluding carboxylic acids is 1. The molecule has 4 nitrogen and oxygen atoms in total. The van der Waals surface area contributed by atoms with Crippen LogP contribution in [0, 0.1) is 0 Å². The summed E-state index contributed by atoms with van der Waals surface area (Å²) in [5, 5.41) is 0. The fourth-order valence-corrected chi connectivity index (χ4v) is 2.13. The van der Waals surface area contributed by atoms with Gasteiger partial charge in [-0.2, -0.15) is 0 Å². The Hall–Kier alpha value is -0.750. The van der Waals surface area contributed by atoms with Gasteiger partial charge in [0.05, 0.1) is 6.20 Å². The Morgan fingerprint density at radius 3 is 2.92 bits per heavy atom. The molecule has 0 bridgehead atoms. The highest BCUT2D eigenvalue weighted by Crippen LogP contribution is 2.18. The van der Waals surface area contributed by atoms with E-state index in [0.29, 0.717) is 20.5 Å². The Kier molecular flexibility index (Phi) is 2.17. The molecule has 13 heavy (non-hydrogen) atoms. The highest BCUT2D eigenvalue weighted by Gasteiger charge is 2.07. The van der Waals surface area contributed by atoms with Crippen LogP contribution < -0.4 is 0 Å². The minimum Gasteiger partial charge on any atom is -0.296 e. The number of carbonyl (C=O) groups is 1. The van der Waals surface area contributed by atoms with Crippen LogP contribution in [0.2, 0.25) is 0 Å². The van der Waals surface area contributed by atoms with Crippen LogP contribution >= 0.6 is 31.9 Å². The van der Waals surface area contributed by atoms with Crippen molar-refractivity contribution in [2.24, 2.45) is 0 Å². The molecule has 0 fully saturated rings. The lowest BCUT2D eigenvalue weighted by Crippen LogP contribution is -1.93. The van der Waals surface area contributed by atoms with Gasteiger partial charge in [-0.15, -0.1) is 0 Å². The Balaban J connectivity index is 2.89. The first-order valence-corrected chi connectivity index (χ1v) is 4.95. The second-order valence-corrected chi connectivity index (χ2v) is 3.91. The van der Waals surface area contributed by atoms with Crippen molar-refractivity contribution in [3.8, 4) is 0 Å². The maximum absolute atomic E-state index is 10.6. The molecule has 0 radical (unpaired) electrons. The van der Waals surface area contributed by atoms with Crippen molar-refractivity contribution in [2.45, 2.75) is 0 Å². The van der Waals surface area contributed by atoms with E-state index in [-0.39, 0.29) is 0 Å². The monoisotopic (exact) mass is 303 g/mol. The number of fused-ring (bicyclic) bond motifs is 1. The van der Waals surface area contributed by atoms with E-state index >= 15 is 0 Å². The van der Waals surface area contributed by atoms with E-state index in [2.05, 4.69) is 41.8 Å². The van der Waals surface area contributed by atoms with Gasteiger partial charge in [0.15, 0.2) is 16.5 Å². The summed E-state index contributed by atoms with van der Waals surface area (Å²) in [5.74, 6) is 0. The smallest absolute Gasteiger partial charge is 0.170 e. The van der Waals surface area contributed by atoms with Gasteiger partial charge in [0, 0.05) is 6.20 Å². The van der Waals surface area contributed by atoms with Crippen LogP contribution in [0.5, 0.6) is 0 Å². The summed E-state index contributed by atoms with van der Waals surface area (Å²) in [7, 11) is 0. The molecule has 2 heterocycles. The van der Waals surface area contributed by atoms with Gasteiger partial charge in [0.1, 0.15) is 10.3 Å². The standard InChI is InChI=1S/C7H3Br2N3O/c8-5-2-12-4(3-13)1-10-7(12)6(9)11-5/h1-3H. The third-order valence-corrected chi connectivity index (χ3v) is 2.49. The maximum atomic E-state index is 10.6. The van der Waals surface area contributed by atoms with Crippen molar-refractivity contribution in [1.82, 2.24) is 14.4 Å². The highest BCUT2D eigenvalue weighted by molar-refractivity contribution is 9.11. The maximum Gasteiger partial charge on any atom is 0.170 e. The van der Waals surface area contributed by atoms with Crippen LogP contribution in [0.15, 0.2) is 21.6 Å². The lowest BCUT2D eigenvalue weighted by atomic mass is 10.5. The van der Waals surface area contributed by atoms with E-state index in [9.17, 15) is 4.79 Å². The SMILES string of the molecule is O=Cc1cnc2c(Br)nc(Br)cn12. The lowest BCUT2D eigenvalue weighted by Gasteiger charge is -1.97. The van der Waals surface area contributed by atoms with Gasteiger partial charge >= 0.3 is 0 Å². The van der Waals surface area contributed by atoms with Crippen LogP contribution in [0.25, 0.3) is 5.65 Å². The van der Waals surface area contributed by atoms with Gasteiger partial charge < -0.3 is 0 Å². The molecular weight excluding hydrogens is 302 g/mol. The molecule has 0 saturated carbocycles. The molecule has 0 unspecified atom stereocenters. The van der Waals surface area contributed by atoms with Crippen molar-refractivity contribution in [3.05, 3.63) is 27.3 Å². The number of aromatic nitrogens is 3. The lowest BCUT2D eigenvalue weighted by molar-refractivity contribution is 0.111. The van der Waals surface area contributed by atoms with Gasteiger partial charge in [0.25, 0.3) is 0 Å². The van der Waals surface area contributed by atoms with Crippen LogP contribution in [-0.2, 0) is 0 Å². The van der Waals surface area contributed by atoms with Gasteiger partial charge in [-0.1, -0.05) is 0 Å². The molecule has 0 aliphatic carbocycles. The molecule has 0 aliphatic heterocycles. The summed E-state index contributed by atoms with van der Waals surface area (Å²) in [6.07, 6.45) is 3.94. The Morgan fingerprint density at radius 2 is 2.23 bits per heavy atom. The van der Waals surface area contributed by atoms with E-state index in [1.54, 1.807) is 10.6 Å². The topological polar surface area (TPSA) is 47.3 Å². The molecule has 0 amide bonds. The van der Waals surface area contributed by atoms with Crippen LogP contribution in [0.3, 0.4) is 0 Å². The third kappa shape index (κ3) is 1.40. The second-order valence-electron chi connectivity index (χ2n) is 2.35. The fourth-order valence-electron chi connectivity index (χ4n) is 1.03. The van der Waals surface area contributed by atoms with E-state index < -0.39 is 0 Å². The zero-order valence-corrected chi connectivity index (χ0v) is 9.41. The quantitative estimate of drug-likeness (QED) is 0.758. The molecule has 0 spiro atoms. The number of nitrogens with zero attached hydrogens (tertiary/aromatic N) is 3. The van der Waals surface area contributed by atoms with E-state index in [4.69, 9.17) is 0 Å². The molecule has 0 atom stereocenters. The number of hydrogen-bond acceptors (Lipinski definition) is 3. The number of hydrogen-bond donors (Lipinski definition) is 0. The predicted molar refractivity (Wildman–Crippen MR) is 53.8 cm³/mol. The van der Waals surface area contributed by atoms with Gasteiger partial charge in [-0.3, -0.25) is 9.20 Å². The van der Waals surface area contributed by atoms with Crippen LogP contribution in [-0.4, -0.2) is 20.7 Å². The minimum atomic E-state index is 0.499. The molecule has 0 saturated heterocycles. The average Bonchev–Trinajstić information content (AvgIpc) is 2.47. The normalized spacial score (nSPS) is 10.6. The summed E-state index contributed by atoms with van der Waals surface area (Å²) in [4.78, 5) is 18.7. The second kappa shape index (κ2) is 3.19. The molecule has 0 aliphatic rings. The first-order valence-electron chi connectivity index (χ1n) is 3.36. The Bertz CT molecular complexity index is 480. The van der Waals surface area contributed by atoms with Gasteiger partial charge in [-0.05, 0) is 31.9 Å². The van der Waals surface area contributed by atoms with E-state index in [1.165, 1.54) is 6.20 Å². The van der Waals surface area contributed by atoms with Gasteiger partial charge in [-0.25, -0.2) is 9.97 Å². The van der Waals surface area contributed by atoms with Crippen molar-refractivity contribution >= 4 is 43.8 Å². The molecule has 2 aromatic rings. The summed E-state index contributed by atoms with van der Waals surface area (Å²) in [6, 6.07) is 0. The number of halogens is 2. The van der Waals surface area contributed by atoms with Crippen molar-refractivity contribution < 1.29 is 4.79 Å². The van der Waals surface area contributed by atoms with E-state index in [1.807, 2.05) is 0 Å². The molecule has 2 rings (SSSR count). The van der Waals surface area contributed by atoms with Crippen LogP contribution in [0.1, 0.15) is 10.5 Å². The fraction of sp³-hybridized carbons (Fsp3) is 0. The number of rotatable bonds is 1. The minimum absolute atomic E-state index is 0.499. The number of aldehydes is 1. The van der Waals surface area contributed by atoms with E-state index in [0.717, 1.165) is 6.29 Å². The average molecular weight is 305 g/mol. The third-order valence-electron chi connectivity index (χ3n) is 1.57. The molecule has 66 valence electrons. The van der Waals surface area contributed by atoms with Gasteiger partial charge in [0.2, 0.25) is 0 Å². The van der Waals surface area contributed by atoms with Crippen molar-refractivity contribution in [1.29, 1.82) is 0 Å². The first-order chi connectivity index (χ1) is 6.22. The predicted octanol–water partition coefficient (Wildman–Crippen LogP) is 2.07. The molecular formula is C7H3Br2N3O. The summed E-state index contributed by atoms with van der Waals surface area (Å²) in [5.41, 5.74) is 1.13. The molecule has 2 aromatic heterocycles. The summed E-state index contributed by atoms with van der Waals surface area (Å²) >= 11 is 6.48. The summed E-state index contributed by atoms with van der Waals surface area (Å²) in [6.45, 7) is 0. The molecule has 0 aromatic carbocycles. The zero-order valence-electron chi connectivity index (χ0n) is 6.24. The number of imidazole rings is 1.